The lowest BCUT2D eigenvalue weighted by atomic mass is 10.1. The van der Waals surface area contributed by atoms with E-state index in [0.717, 1.165) is 12.0 Å². The van der Waals surface area contributed by atoms with Gasteiger partial charge in [0.1, 0.15) is 0 Å². The highest BCUT2D eigenvalue weighted by molar-refractivity contribution is 7.99. The molecule has 0 amide bonds. The number of hydrogen-bond acceptors (Lipinski definition) is 2. The molecule has 1 rings (SSSR count). The number of nitrogens with one attached hydrogen (secondary N) is 1. The predicted octanol–water partition coefficient (Wildman–Crippen LogP) is 2.13. The summed E-state index contributed by atoms with van der Waals surface area (Å²) in [7, 11) is 0. The van der Waals surface area contributed by atoms with E-state index < -0.39 is 0 Å². The summed E-state index contributed by atoms with van der Waals surface area (Å²) in [5, 5.41) is 3.66. The third kappa shape index (κ3) is 3.04. The Labute approximate surface area is 74.3 Å². The molecule has 1 heterocycles. The van der Waals surface area contributed by atoms with Gasteiger partial charge in [-0.2, -0.15) is 11.8 Å². The van der Waals surface area contributed by atoms with Crippen molar-refractivity contribution in [3.63, 3.8) is 0 Å². The van der Waals surface area contributed by atoms with Crippen LogP contribution in [0.3, 0.4) is 0 Å². The first-order valence-corrected chi connectivity index (χ1v) is 5.69. The second kappa shape index (κ2) is 4.36. The summed E-state index contributed by atoms with van der Waals surface area (Å²) < 4.78 is 0. The zero-order chi connectivity index (χ0) is 8.27. The molecule has 0 aromatic heterocycles. The normalized spacial score (nSPS) is 27.8. The smallest absolute Gasteiger partial charge is 0.0168 e. The van der Waals surface area contributed by atoms with E-state index in [1.54, 1.807) is 0 Å². The number of hydrogen-bond donors (Lipinski definition) is 1. The molecule has 1 nitrogen and oxygen atoms in total. The van der Waals surface area contributed by atoms with Gasteiger partial charge in [0.05, 0.1) is 0 Å². The van der Waals surface area contributed by atoms with Crippen LogP contribution in [0.15, 0.2) is 0 Å². The molecule has 11 heavy (non-hydrogen) atoms. The van der Waals surface area contributed by atoms with E-state index >= 15 is 0 Å². The molecule has 1 saturated heterocycles. The first-order valence-electron chi connectivity index (χ1n) is 4.54. The van der Waals surface area contributed by atoms with E-state index in [1.807, 2.05) is 0 Å². The zero-order valence-corrected chi connectivity index (χ0v) is 8.58. The maximum Gasteiger partial charge on any atom is 0.0168 e. The topological polar surface area (TPSA) is 12.0 Å². The molecule has 1 aliphatic rings. The molecule has 0 aromatic carbocycles. The Bertz CT molecular complexity index is 108. The van der Waals surface area contributed by atoms with Crippen LogP contribution in [0.5, 0.6) is 0 Å². The Morgan fingerprint density at radius 2 is 2.09 bits per heavy atom. The summed E-state index contributed by atoms with van der Waals surface area (Å²) >= 11 is 2.07. The fourth-order valence-electron chi connectivity index (χ4n) is 1.23. The zero-order valence-electron chi connectivity index (χ0n) is 7.76. The third-order valence-corrected chi connectivity index (χ3v) is 3.59. The molecule has 1 fully saturated rings. The molecular formula is C9H19NS. The Balaban J connectivity index is 2.18. The maximum absolute atomic E-state index is 3.66. The standard InChI is InChI=1S/C9H19NS/c1-7(2)8(3)10-9-4-5-11-6-9/h7-10H,4-6H2,1-3H3/t8-,9-/m1/s1. The van der Waals surface area contributed by atoms with Gasteiger partial charge in [-0.3, -0.25) is 0 Å². The summed E-state index contributed by atoms with van der Waals surface area (Å²) in [4.78, 5) is 0. The molecule has 1 aliphatic heterocycles. The van der Waals surface area contributed by atoms with Gasteiger partial charge in [-0.15, -0.1) is 0 Å². The third-order valence-electron chi connectivity index (χ3n) is 2.43. The summed E-state index contributed by atoms with van der Waals surface area (Å²) in [6.45, 7) is 6.84. The van der Waals surface area contributed by atoms with Gasteiger partial charge < -0.3 is 5.32 Å². The van der Waals surface area contributed by atoms with Gasteiger partial charge in [-0.25, -0.2) is 0 Å². The minimum atomic E-state index is 0.679. The van der Waals surface area contributed by atoms with E-state index in [1.165, 1.54) is 17.9 Å². The van der Waals surface area contributed by atoms with Crippen molar-refractivity contribution in [3.8, 4) is 0 Å². The lowest BCUT2D eigenvalue weighted by Crippen LogP contribution is -2.39. The van der Waals surface area contributed by atoms with Crippen LogP contribution in [-0.4, -0.2) is 23.6 Å². The highest BCUT2D eigenvalue weighted by Crippen LogP contribution is 2.18. The lowest BCUT2D eigenvalue weighted by Gasteiger charge is -2.21. The van der Waals surface area contributed by atoms with Gasteiger partial charge in [-0.1, -0.05) is 13.8 Å². The van der Waals surface area contributed by atoms with E-state index in [-0.39, 0.29) is 0 Å². The molecule has 0 aliphatic carbocycles. The van der Waals surface area contributed by atoms with Crippen molar-refractivity contribution < 1.29 is 0 Å². The van der Waals surface area contributed by atoms with Crippen LogP contribution < -0.4 is 5.32 Å². The average molecular weight is 173 g/mol. The van der Waals surface area contributed by atoms with Crippen molar-refractivity contribution in [2.75, 3.05) is 11.5 Å². The second-order valence-electron chi connectivity index (χ2n) is 3.76. The molecular weight excluding hydrogens is 154 g/mol. The summed E-state index contributed by atoms with van der Waals surface area (Å²) in [5.74, 6) is 3.43. The van der Waals surface area contributed by atoms with Crippen molar-refractivity contribution in [3.05, 3.63) is 0 Å². The largest absolute Gasteiger partial charge is 0.310 e. The highest BCUT2D eigenvalue weighted by atomic mass is 32.2. The molecule has 66 valence electrons. The van der Waals surface area contributed by atoms with Crippen LogP contribution in [0, 0.1) is 5.92 Å². The van der Waals surface area contributed by atoms with Crippen LogP contribution in [0.1, 0.15) is 27.2 Å². The Morgan fingerprint density at radius 3 is 2.55 bits per heavy atom. The van der Waals surface area contributed by atoms with Crippen LogP contribution in [-0.2, 0) is 0 Å². The van der Waals surface area contributed by atoms with Gasteiger partial charge in [0.15, 0.2) is 0 Å². The van der Waals surface area contributed by atoms with Crippen LogP contribution in [0.2, 0.25) is 0 Å². The van der Waals surface area contributed by atoms with Crippen molar-refractivity contribution in [1.82, 2.24) is 5.32 Å². The number of thioether (sulfide) groups is 1. The van der Waals surface area contributed by atoms with E-state index in [9.17, 15) is 0 Å². The lowest BCUT2D eigenvalue weighted by molar-refractivity contribution is 0.387. The fourth-order valence-corrected chi connectivity index (χ4v) is 2.40. The summed E-state index contributed by atoms with van der Waals surface area (Å²) in [6.07, 6.45) is 1.36. The highest BCUT2D eigenvalue weighted by Gasteiger charge is 2.18. The van der Waals surface area contributed by atoms with Gasteiger partial charge >= 0.3 is 0 Å². The molecule has 0 radical (unpaired) electrons. The van der Waals surface area contributed by atoms with Crippen molar-refractivity contribution in [1.29, 1.82) is 0 Å². The Morgan fingerprint density at radius 1 is 1.36 bits per heavy atom. The molecule has 0 bridgehead atoms. The van der Waals surface area contributed by atoms with E-state index in [4.69, 9.17) is 0 Å². The molecule has 0 saturated carbocycles. The quantitative estimate of drug-likeness (QED) is 0.701. The van der Waals surface area contributed by atoms with Crippen LogP contribution in [0.4, 0.5) is 0 Å². The van der Waals surface area contributed by atoms with Gasteiger partial charge in [0.2, 0.25) is 0 Å². The SMILES string of the molecule is CC(C)[C@@H](C)N[C@@H]1CCSC1. The van der Waals surface area contributed by atoms with Crippen LogP contribution in [0.25, 0.3) is 0 Å². The van der Waals surface area contributed by atoms with E-state index in [0.29, 0.717) is 6.04 Å². The van der Waals surface area contributed by atoms with E-state index in [2.05, 4.69) is 37.8 Å². The van der Waals surface area contributed by atoms with Crippen LogP contribution >= 0.6 is 11.8 Å². The molecule has 0 unspecified atom stereocenters. The summed E-state index contributed by atoms with van der Waals surface area (Å²) in [6, 6.07) is 1.47. The number of rotatable bonds is 3. The maximum atomic E-state index is 3.66. The second-order valence-corrected chi connectivity index (χ2v) is 4.91. The van der Waals surface area contributed by atoms with Gasteiger partial charge in [0, 0.05) is 17.8 Å². The fraction of sp³-hybridized carbons (Fsp3) is 1.00. The van der Waals surface area contributed by atoms with Gasteiger partial charge in [-0.05, 0) is 25.0 Å². The minimum absolute atomic E-state index is 0.679. The van der Waals surface area contributed by atoms with Crippen molar-refractivity contribution in [2.24, 2.45) is 5.92 Å². The first kappa shape index (κ1) is 9.40. The molecule has 0 aromatic rings. The Hall–Kier alpha value is 0.310. The van der Waals surface area contributed by atoms with Crippen molar-refractivity contribution in [2.45, 2.75) is 39.3 Å². The first-order chi connectivity index (χ1) is 5.20. The Kier molecular flexibility index (Phi) is 3.73. The summed E-state index contributed by atoms with van der Waals surface area (Å²) in [5.41, 5.74) is 0. The predicted molar refractivity (Wildman–Crippen MR) is 53.2 cm³/mol. The average Bonchev–Trinajstić information content (AvgIpc) is 2.39. The minimum Gasteiger partial charge on any atom is -0.310 e. The monoisotopic (exact) mass is 173 g/mol. The molecule has 2 heteroatoms. The molecule has 2 atom stereocenters. The molecule has 1 N–H and O–H groups in total. The molecule has 0 spiro atoms. The van der Waals surface area contributed by atoms with Crippen molar-refractivity contribution >= 4 is 11.8 Å². The van der Waals surface area contributed by atoms with Gasteiger partial charge in [0.25, 0.3) is 0 Å².